The summed E-state index contributed by atoms with van der Waals surface area (Å²) in [5.41, 5.74) is -0.656. The summed E-state index contributed by atoms with van der Waals surface area (Å²) in [5, 5.41) is 24.6. The maximum absolute atomic E-state index is 12.4. The molecule has 0 fully saturated rings. The lowest BCUT2D eigenvalue weighted by Gasteiger charge is -2.13. The Labute approximate surface area is 173 Å². The van der Waals surface area contributed by atoms with E-state index >= 15 is 0 Å². The number of rotatable bonds is 10. The molecule has 0 radical (unpaired) electrons. The maximum Gasteiger partial charge on any atom is 0.289 e. The van der Waals surface area contributed by atoms with Gasteiger partial charge in [0, 0.05) is 12.6 Å². The molecule has 0 saturated heterocycles. The average molecular weight is 417 g/mol. The Morgan fingerprint density at radius 1 is 1.07 bits per heavy atom. The Hall–Kier alpha value is -3.69. The van der Waals surface area contributed by atoms with E-state index in [-0.39, 0.29) is 12.1 Å². The monoisotopic (exact) mass is 417 g/mol. The van der Waals surface area contributed by atoms with Crippen LogP contribution in [0.1, 0.15) is 36.2 Å². The van der Waals surface area contributed by atoms with Crippen LogP contribution in [-0.2, 0) is 6.54 Å². The standard InChI is InChI=1S/C20H23N3O7/c1-13(2)8-9-30-18-7-4-14(10-19(18)29-3)12-21-20(24)16-6-5-15(22(25)26)11-17(16)23(27)28/h4-7,10-11,13H,8-9,12H2,1-3H3,(H,21,24). The number of benzene rings is 2. The molecule has 0 unspecified atom stereocenters. The molecular weight excluding hydrogens is 394 g/mol. The van der Waals surface area contributed by atoms with Crippen molar-refractivity contribution in [3.63, 3.8) is 0 Å². The van der Waals surface area contributed by atoms with Crippen LogP contribution in [-0.4, -0.2) is 29.5 Å². The number of nitrogens with zero attached hydrogens (tertiary/aromatic N) is 2. The second-order valence-corrected chi connectivity index (χ2v) is 6.91. The first-order valence-electron chi connectivity index (χ1n) is 9.23. The molecule has 0 atom stereocenters. The molecule has 0 aliphatic rings. The smallest absolute Gasteiger partial charge is 0.289 e. The number of hydrogen-bond donors (Lipinski definition) is 1. The number of non-ortho nitro benzene ring substituents is 1. The SMILES string of the molecule is COc1cc(CNC(=O)c2ccc([N+](=O)[O-])cc2[N+](=O)[O-])ccc1OCCC(C)C. The normalized spacial score (nSPS) is 10.5. The van der Waals surface area contributed by atoms with E-state index in [9.17, 15) is 25.0 Å². The van der Waals surface area contributed by atoms with Gasteiger partial charge in [0.15, 0.2) is 11.5 Å². The van der Waals surface area contributed by atoms with Gasteiger partial charge in [-0.2, -0.15) is 0 Å². The van der Waals surface area contributed by atoms with Crippen molar-refractivity contribution in [1.29, 1.82) is 0 Å². The number of carbonyl (C=O) groups excluding carboxylic acids is 1. The summed E-state index contributed by atoms with van der Waals surface area (Å²) in [6.07, 6.45) is 0.898. The molecule has 2 aromatic rings. The fourth-order valence-corrected chi connectivity index (χ4v) is 2.60. The van der Waals surface area contributed by atoms with Crippen molar-refractivity contribution in [2.24, 2.45) is 5.92 Å². The molecule has 0 aromatic heterocycles. The molecule has 2 aromatic carbocycles. The minimum Gasteiger partial charge on any atom is -0.493 e. The molecule has 1 amide bonds. The number of amides is 1. The van der Waals surface area contributed by atoms with Crippen molar-refractivity contribution < 1.29 is 24.1 Å². The van der Waals surface area contributed by atoms with Gasteiger partial charge in [-0.15, -0.1) is 0 Å². The van der Waals surface area contributed by atoms with E-state index in [1.807, 2.05) is 0 Å². The number of nitro benzene ring substituents is 2. The van der Waals surface area contributed by atoms with Crippen LogP contribution in [0.15, 0.2) is 36.4 Å². The van der Waals surface area contributed by atoms with Gasteiger partial charge in [-0.3, -0.25) is 25.0 Å². The quantitative estimate of drug-likeness (QED) is 0.458. The maximum atomic E-state index is 12.4. The topological polar surface area (TPSA) is 134 Å². The molecule has 160 valence electrons. The van der Waals surface area contributed by atoms with Crippen LogP contribution in [0.4, 0.5) is 11.4 Å². The van der Waals surface area contributed by atoms with E-state index in [2.05, 4.69) is 19.2 Å². The largest absolute Gasteiger partial charge is 0.493 e. The molecule has 1 N–H and O–H groups in total. The summed E-state index contributed by atoms with van der Waals surface area (Å²) in [5.74, 6) is 0.882. The highest BCUT2D eigenvalue weighted by Gasteiger charge is 2.24. The Balaban J connectivity index is 2.10. The molecule has 0 aliphatic heterocycles. The lowest BCUT2D eigenvalue weighted by Crippen LogP contribution is -2.23. The highest BCUT2D eigenvalue weighted by Crippen LogP contribution is 2.29. The number of nitro groups is 2. The van der Waals surface area contributed by atoms with E-state index in [0.29, 0.717) is 29.6 Å². The molecule has 30 heavy (non-hydrogen) atoms. The van der Waals surface area contributed by atoms with E-state index in [1.165, 1.54) is 7.11 Å². The highest BCUT2D eigenvalue weighted by molar-refractivity contribution is 5.98. The summed E-state index contributed by atoms with van der Waals surface area (Å²) in [4.78, 5) is 32.8. The molecule has 10 nitrogen and oxygen atoms in total. The van der Waals surface area contributed by atoms with Gasteiger partial charge >= 0.3 is 0 Å². The highest BCUT2D eigenvalue weighted by atomic mass is 16.6. The Morgan fingerprint density at radius 3 is 2.40 bits per heavy atom. The first kappa shape index (κ1) is 22.6. The third-order valence-electron chi connectivity index (χ3n) is 4.27. The first-order valence-corrected chi connectivity index (χ1v) is 9.23. The van der Waals surface area contributed by atoms with Crippen LogP contribution in [0.5, 0.6) is 11.5 Å². The van der Waals surface area contributed by atoms with Gasteiger partial charge in [0.05, 0.1) is 29.6 Å². The van der Waals surface area contributed by atoms with Gasteiger partial charge in [0.2, 0.25) is 0 Å². The lowest BCUT2D eigenvalue weighted by atomic mass is 10.1. The fraction of sp³-hybridized carbons (Fsp3) is 0.350. The minimum absolute atomic E-state index is 0.0790. The summed E-state index contributed by atoms with van der Waals surface area (Å²) in [7, 11) is 1.51. The summed E-state index contributed by atoms with van der Waals surface area (Å²) >= 11 is 0. The van der Waals surface area contributed by atoms with E-state index in [0.717, 1.165) is 24.6 Å². The predicted octanol–water partition coefficient (Wildman–Crippen LogP) is 3.87. The zero-order valence-electron chi connectivity index (χ0n) is 16.9. The van der Waals surface area contributed by atoms with E-state index < -0.39 is 27.1 Å². The van der Waals surface area contributed by atoms with Crippen LogP contribution < -0.4 is 14.8 Å². The summed E-state index contributed by atoms with van der Waals surface area (Å²) < 4.78 is 11.0. The first-order chi connectivity index (χ1) is 14.2. The zero-order chi connectivity index (χ0) is 22.3. The van der Waals surface area contributed by atoms with Crippen LogP contribution >= 0.6 is 0 Å². The Kier molecular flexibility index (Phi) is 7.68. The predicted molar refractivity (Wildman–Crippen MR) is 109 cm³/mol. The fourth-order valence-electron chi connectivity index (χ4n) is 2.60. The van der Waals surface area contributed by atoms with Crippen LogP contribution in [0.25, 0.3) is 0 Å². The Morgan fingerprint density at radius 2 is 1.80 bits per heavy atom. The number of ether oxygens (including phenoxy) is 2. The Bertz CT molecular complexity index is 944. The van der Waals surface area contributed by atoms with Gasteiger partial charge in [-0.05, 0) is 36.1 Å². The van der Waals surface area contributed by atoms with Crippen molar-refractivity contribution in [2.75, 3.05) is 13.7 Å². The van der Waals surface area contributed by atoms with Crippen LogP contribution in [0.3, 0.4) is 0 Å². The van der Waals surface area contributed by atoms with Gasteiger partial charge in [-0.25, -0.2) is 0 Å². The molecule has 10 heteroatoms. The second kappa shape index (κ2) is 10.2. The van der Waals surface area contributed by atoms with Gasteiger partial charge < -0.3 is 14.8 Å². The van der Waals surface area contributed by atoms with Gasteiger partial charge in [0.25, 0.3) is 17.3 Å². The van der Waals surface area contributed by atoms with Crippen molar-refractivity contribution in [1.82, 2.24) is 5.32 Å². The third-order valence-corrected chi connectivity index (χ3v) is 4.27. The summed E-state index contributed by atoms with van der Waals surface area (Å²) in [6, 6.07) is 8.06. The van der Waals surface area contributed by atoms with E-state index in [1.54, 1.807) is 18.2 Å². The average Bonchev–Trinajstić information content (AvgIpc) is 2.71. The molecule has 2 rings (SSSR count). The number of methoxy groups -OCH3 is 1. The van der Waals surface area contributed by atoms with Crippen molar-refractivity contribution in [2.45, 2.75) is 26.8 Å². The van der Waals surface area contributed by atoms with Gasteiger partial charge in [-0.1, -0.05) is 19.9 Å². The zero-order valence-corrected chi connectivity index (χ0v) is 16.9. The number of nitrogens with one attached hydrogen (secondary N) is 1. The van der Waals surface area contributed by atoms with Crippen molar-refractivity contribution >= 4 is 17.3 Å². The van der Waals surface area contributed by atoms with Crippen molar-refractivity contribution in [3.8, 4) is 11.5 Å². The third kappa shape index (κ3) is 5.90. The molecule has 0 spiro atoms. The lowest BCUT2D eigenvalue weighted by molar-refractivity contribution is -0.394. The van der Waals surface area contributed by atoms with Crippen molar-refractivity contribution in [3.05, 3.63) is 67.8 Å². The van der Waals surface area contributed by atoms with Gasteiger partial charge in [0.1, 0.15) is 5.56 Å². The molecular formula is C20H23N3O7. The molecule has 0 bridgehead atoms. The molecule has 0 aliphatic carbocycles. The molecule has 0 heterocycles. The van der Waals surface area contributed by atoms with Crippen LogP contribution in [0.2, 0.25) is 0 Å². The number of carbonyl (C=O) groups is 1. The number of hydrogen-bond acceptors (Lipinski definition) is 7. The minimum atomic E-state index is -0.825. The second-order valence-electron chi connectivity index (χ2n) is 6.91. The van der Waals surface area contributed by atoms with Crippen LogP contribution in [0, 0.1) is 26.1 Å². The summed E-state index contributed by atoms with van der Waals surface area (Å²) in [6.45, 7) is 4.83. The molecule has 0 saturated carbocycles. The van der Waals surface area contributed by atoms with E-state index in [4.69, 9.17) is 9.47 Å².